The van der Waals surface area contributed by atoms with Gasteiger partial charge >= 0.3 is 0 Å². The Balaban J connectivity index is 2.28. The van der Waals surface area contributed by atoms with Crippen molar-refractivity contribution in [1.29, 1.82) is 0 Å². The van der Waals surface area contributed by atoms with Crippen LogP contribution in [-0.2, 0) is 0 Å². The van der Waals surface area contributed by atoms with Gasteiger partial charge in [0.15, 0.2) is 0 Å². The molecule has 1 fully saturated rings. The highest BCUT2D eigenvalue weighted by molar-refractivity contribution is 4.77. The summed E-state index contributed by atoms with van der Waals surface area (Å²) in [5.41, 5.74) is 5.81. The van der Waals surface area contributed by atoms with Gasteiger partial charge in [-0.15, -0.1) is 0 Å². The second-order valence-electron chi connectivity index (χ2n) is 5.42. The maximum absolute atomic E-state index is 5.81. The molecule has 0 amide bonds. The molecule has 1 aliphatic rings. The fourth-order valence-electron chi connectivity index (χ4n) is 2.58. The van der Waals surface area contributed by atoms with E-state index in [1.807, 2.05) is 0 Å². The lowest BCUT2D eigenvalue weighted by Gasteiger charge is -2.25. The first kappa shape index (κ1) is 13.0. The highest BCUT2D eigenvalue weighted by Gasteiger charge is 2.16. The third-order valence-electron chi connectivity index (χ3n) is 3.37. The van der Waals surface area contributed by atoms with E-state index >= 15 is 0 Å². The monoisotopic (exact) mass is 212 g/mol. The molecule has 0 aromatic carbocycles. The van der Waals surface area contributed by atoms with Crippen molar-refractivity contribution < 1.29 is 0 Å². The zero-order valence-electron chi connectivity index (χ0n) is 10.5. The molecule has 0 aromatic heterocycles. The SMILES string of the molecule is CC(C)CC(CN)NC1CCCCCC1. The van der Waals surface area contributed by atoms with Crippen LogP contribution in [0.5, 0.6) is 0 Å². The van der Waals surface area contributed by atoms with Crippen molar-refractivity contribution in [2.24, 2.45) is 11.7 Å². The first-order valence-electron chi connectivity index (χ1n) is 6.68. The van der Waals surface area contributed by atoms with Crippen LogP contribution >= 0.6 is 0 Å². The average molecular weight is 212 g/mol. The summed E-state index contributed by atoms with van der Waals surface area (Å²) < 4.78 is 0. The molecular weight excluding hydrogens is 184 g/mol. The van der Waals surface area contributed by atoms with Gasteiger partial charge in [-0.2, -0.15) is 0 Å². The number of nitrogens with one attached hydrogen (secondary N) is 1. The molecule has 1 aliphatic carbocycles. The summed E-state index contributed by atoms with van der Waals surface area (Å²) in [6.07, 6.45) is 9.58. The molecule has 90 valence electrons. The molecule has 1 rings (SSSR count). The van der Waals surface area contributed by atoms with E-state index in [1.54, 1.807) is 0 Å². The van der Waals surface area contributed by atoms with Crippen molar-refractivity contribution in [1.82, 2.24) is 5.32 Å². The Morgan fingerprint density at radius 3 is 2.20 bits per heavy atom. The summed E-state index contributed by atoms with van der Waals surface area (Å²) in [6.45, 7) is 5.34. The van der Waals surface area contributed by atoms with Crippen molar-refractivity contribution in [2.75, 3.05) is 6.54 Å². The van der Waals surface area contributed by atoms with E-state index < -0.39 is 0 Å². The van der Waals surface area contributed by atoms with Gasteiger partial charge in [-0.05, 0) is 25.2 Å². The van der Waals surface area contributed by atoms with E-state index in [0.29, 0.717) is 6.04 Å². The largest absolute Gasteiger partial charge is 0.329 e. The van der Waals surface area contributed by atoms with E-state index in [9.17, 15) is 0 Å². The third kappa shape index (κ3) is 5.53. The van der Waals surface area contributed by atoms with Crippen LogP contribution in [0.3, 0.4) is 0 Å². The molecule has 0 heterocycles. The Bertz CT molecular complexity index is 149. The van der Waals surface area contributed by atoms with E-state index in [1.165, 1.54) is 44.9 Å². The minimum atomic E-state index is 0.535. The standard InChI is InChI=1S/C13H28N2/c1-11(2)9-13(10-14)15-12-7-5-3-4-6-8-12/h11-13,15H,3-10,14H2,1-2H3. The van der Waals surface area contributed by atoms with Crippen molar-refractivity contribution in [3.05, 3.63) is 0 Å². The van der Waals surface area contributed by atoms with Crippen molar-refractivity contribution in [3.63, 3.8) is 0 Å². The van der Waals surface area contributed by atoms with Crippen LogP contribution in [0.15, 0.2) is 0 Å². The van der Waals surface area contributed by atoms with Crippen LogP contribution < -0.4 is 11.1 Å². The van der Waals surface area contributed by atoms with Gasteiger partial charge in [0.1, 0.15) is 0 Å². The van der Waals surface area contributed by atoms with Gasteiger partial charge in [-0.25, -0.2) is 0 Å². The number of nitrogens with two attached hydrogens (primary N) is 1. The van der Waals surface area contributed by atoms with E-state index in [2.05, 4.69) is 19.2 Å². The molecule has 0 aliphatic heterocycles. The van der Waals surface area contributed by atoms with Gasteiger partial charge in [-0.1, -0.05) is 39.5 Å². The fraction of sp³-hybridized carbons (Fsp3) is 1.00. The number of hydrogen-bond acceptors (Lipinski definition) is 2. The molecule has 1 unspecified atom stereocenters. The normalized spacial score (nSPS) is 21.6. The molecule has 1 saturated carbocycles. The lowest BCUT2D eigenvalue weighted by molar-refractivity contribution is 0.354. The highest BCUT2D eigenvalue weighted by atomic mass is 15.0. The fourth-order valence-corrected chi connectivity index (χ4v) is 2.58. The second-order valence-corrected chi connectivity index (χ2v) is 5.42. The van der Waals surface area contributed by atoms with Crippen molar-refractivity contribution >= 4 is 0 Å². The summed E-state index contributed by atoms with van der Waals surface area (Å²) in [6, 6.07) is 1.27. The minimum Gasteiger partial charge on any atom is -0.329 e. The Kier molecular flexibility index (Phi) is 6.26. The zero-order chi connectivity index (χ0) is 11.1. The Hall–Kier alpha value is -0.0800. The van der Waals surface area contributed by atoms with E-state index in [-0.39, 0.29) is 0 Å². The molecule has 0 bridgehead atoms. The Labute approximate surface area is 95.0 Å². The molecule has 1 atom stereocenters. The van der Waals surface area contributed by atoms with Crippen LogP contribution in [0.1, 0.15) is 58.8 Å². The molecule has 0 aromatic rings. The van der Waals surface area contributed by atoms with Gasteiger partial charge in [0.2, 0.25) is 0 Å². The van der Waals surface area contributed by atoms with Crippen LogP contribution in [0, 0.1) is 5.92 Å². The van der Waals surface area contributed by atoms with Crippen LogP contribution in [0.2, 0.25) is 0 Å². The molecular formula is C13H28N2. The second kappa shape index (κ2) is 7.24. The average Bonchev–Trinajstić information content (AvgIpc) is 2.44. The lowest BCUT2D eigenvalue weighted by atomic mass is 10.0. The topological polar surface area (TPSA) is 38.0 Å². The molecule has 0 saturated heterocycles. The maximum Gasteiger partial charge on any atom is 0.0195 e. The van der Waals surface area contributed by atoms with Gasteiger partial charge < -0.3 is 11.1 Å². The quantitative estimate of drug-likeness (QED) is 0.688. The summed E-state index contributed by atoms with van der Waals surface area (Å²) in [5, 5.41) is 3.75. The molecule has 15 heavy (non-hydrogen) atoms. The van der Waals surface area contributed by atoms with Gasteiger partial charge in [-0.3, -0.25) is 0 Å². The number of hydrogen-bond donors (Lipinski definition) is 2. The van der Waals surface area contributed by atoms with Crippen LogP contribution in [-0.4, -0.2) is 18.6 Å². The first-order valence-corrected chi connectivity index (χ1v) is 6.68. The molecule has 0 spiro atoms. The Morgan fingerprint density at radius 2 is 1.73 bits per heavy atom. The van der Waals surface area contributed by atoms with E-state index in [0.717, 1.165) is 18.5 Å². The molecule has 0 radical (unpaired) electrons. The third-order valence-corrected chi connectivity index (χ3v) is 3.37. The summed E-state index contributed by atoms with van der Waals surface area (Å²) in [4.78, 5) is 0. The smallest absolute Gasteiger partial charge is 0.0195 e. The molecule has 2 nitrogen and oxygen atoms in total. The summed E-state index contributed by atoms with van der Waals surface area (Å²) in [5.74, 6) is 0.747. The van der Waals surface area contributed by atoms with Gasteiger partial charge in [0.05, 0.1) is 0 Å². The van der Waals surface area contributed by atoms with E-state index in [4.69, 9.17) is 5.73 Å². The lowest BCUT2D eigenvalue weighted by Crippen LogP contribution is -2.43. The van der Waals surface area contributed by atoms with Gasteiger partial charge in [0.25, 0.3) is 0 Å². The first-order chi connectivity index (χ1) is 7.22. The molecule has 3 N–H and O–H groups in total. The van der Waals surface area contributed by atoms with Crippen molar-refractivity contribution in [3.8, 4) is 0 Å². The molecule has 2 heteroatoms. The van der Waals surface area contributed by atoms with Crippen LogP contribution in [0.25, 0.3) is 0 Å². The van der Waals surface area contributed by atoms with Crippen molar-refractivity contribution in [2.45, 2.75) is 70.9 Å². The Morgan fingerprint density at radius 1 is 1.13 bits per heavy atom. The maximum atomic E-state index is 5.81. The van der Waals surface area contributed by atoms with Crippen LogP contribution in [0.4, 0.5) is 0 Å². The number of rotatable bonds is 5. The minimum absolute atomic E-state index is 0.535. The van der Waals surface area contributed by atoms with Gasteiger partial charge in [0, 0.05) is 18.6 Å². The summed E-state index contributed by atoms with van der Waals surface area (Å²) >= 11 is 0. The predicted molar refractivity (Wildman–Crippen MR) is 66.9 cm³/mol. The summed E-state index contributed by atoms with van der Waals surface area (Å²) in [7, 11) is 0. The zero-order valence-corrected chi connectivity index (χ0v) is 10.5. The highest BCUT2D eigenvalue weighted by Crippen LogP contribution is 2.18. The predicted octanol–water partition coefficient (Wildman–Crippen LogP) is 2.67.